The Labute approximate surface area is 79.2 Å². The molecule has 5 heteroatoms. The van der Waals surface area contributed by atoms with E-state index in [-0.39, 0.29) is 10.6 Å². The lowest BCUT2D eigenvalue weighted by atomic mass is 10.3. The van der Waals surface area contributed by atoms with E-state index in [9.17, 15) is 8.42 Å². The van der Waals surface area contributed by atoms with Crippen LogP contribution in [0.15, 0.2) is 29.2 Å². The van der Waals surface area contributed by atoms with E-state index in [1.807, 2.05) is 0 Å². The van der Waals surface area contributed by atoms with Crippen molar-refractivity contribution in [2.75, 3.05) is 0 Å². The topological polar surface area (TPSA) is 54.4 Å². The maximum atomic E-state index is 11.2. The van der Waals surface area contributed by atoms with Gasteiger partial charge in [-0.15, -0.1) is 0 Å². The second-order valence-electron chi connectivity index (χ2n) is 2.04. The molecule has 0 spiro atoms. The van der Waals surface area contributed by atoms with E-state index < -0.39 is 26.4 Å². The van der Waals surface area contributed by atoms with Gasteiger partial charge in [-0.3, -0.25) is 0 Å². The molecule has 0 aromatic heterocycles. The molecule has 0 unspecified atom stereocenters. The van der Waals surface area contributed by atoms with Crippen LogP contribution in [0.4, 0.5) is 0 Å². The van der Waals surface area contributed by atoms with Gasteiger partial charge < -0.3 is 5.11 Å². The van der Waals surface area contributed by atoms with Crippen LogP contribution in [0.5, 0.6) is 5.75 Å². The fraction of sp³-hybridized carbons (Fsp3) is 0. The number of hydrogen-bond donors (Lipinski definition) is 1. The van der Waals surface area contributed by atoms with Crippen molar-refractivity contribution in [1.29, 1.82) is 0 Å². The van der Waals surface area contributed by atoms with Gasteiger partial charge in [0.2, 0.25) is 7.01 Å². The maximum Gasteiger partial charge on any atom is 0.224 e. The molecule has 0 amide bonds. The van der Waals surface area contributed by atoms with Crippen LogP contribution in [0.2, 0.25) is 0 Å². The van der Waals surface area contributed by atoms with Gasteiger partial charge in [-0.2, -0.15) is 0 Å². The third kappa shape index (κ3) is 2.04. The molecule has 0 saturated carbocycles. The minimum absolute atomic E-state index is 0.0659. The van der Waals surface area contributed by atoms with Crippen molar-refractivity contribution < 1.29 is 13.5 Å². The summed E-state index contributed by atoms with van der Waals surface area (Å²) in [6, 6.07) is 5.48. The Balaban J connectivity index is 3.23. The van der Waals surface area contributed by atoms with Crippen LogP contribution < -0.4 is 0 Å². The van der Waals surface area contributed by atoms with Crippen molar-refractivity contribution in [1.82, 2.24) is 0 Å². The van der Waals surface area contributed by atoms with Gasteiger partial charge in [0.1, 0.15) is 5.75 Å². The van der Waals surface area contributed by atoms with E-state index in [4.69, 9.17) is 5.11 Å². The van der Waals surface area contributed by atoms with Gasteiger partial charge in [-0.05, 0) is 24.3 Å². The number of phenolic OH excluding ortho intramolecular Hbond substituents is 1. The van der Waals surface area contributed by atoms with E-state index in [2.05, 4.69) is 4.51 Å². The van der Waals surface area contributed by atoms with Crippen molar-refractivity contribution in [2.45, 2.75) is 4.90 Å². The van der Waals surface area contributed by atoms with Crippen LogP contribution in [-0.4, -0.2) is 18.0 Å². The molecular weight excluding hydrogens is 291 g/mol. The molecule has 1 rings (SSSR count). The van der Waals surface area contributed by atoms with Gasteiger partial charge >= 0.3 is 0 Å². The molecule has 66 valence electrons. The Hall–Kier alpha value is -0.430. The summed E-state index contributed by atoms with van der Waals surface area (Å²) in [5.74, 6) is 0.0659. The van der Waals surface area contributed by atoms with E-state index in [1.165, 1.54) is 24.3 Å². The minimum atomic E-state index is -3.13. The first-order chi connectivity index (χ1) is 5.56. The maximum absolute atomic E-state index is 11.2. The normalized spacial score (nSPS) is 11.3. The Morgan fingerprint density at radius 3 is 2.17 bits per heavy atom. The molecule has 0 heterocycles. The predicted molar refractivity (Wildman–Crippen MR) is 56.4 cm³/mol. The Kier molecular flexibility index (Phi) is 2.84. The smallest absolute Gasteiger partial charge is 0.224 e. The molecule has 0 aliphatic heterocycles. The van der Waals surface area contributed by atoms with Crippen LogP contribution in [0, 0.1) is 0 Å². The first kappa shape index (κ1) is 9.66. The molecule has 1 N–H and O–H groups in total. The summed E-state index contributed by atoms with van der Waals surface area (Å²) in [5.41, 5.74) is 0. The van der Waals surface area contributed by atoms with Crippen LogP contribution in [0.25, 0.3) is 0 Å². The van der Waals surface area contributed by atoms with Crippen LogP contribution in [0.1, 0.15) is 0 Å². The highest BCUT2D eigenvalue weighted by Crippen LogP contribution is 2.22. The second-order valence-corrected chi connectivity index (χ2v) is 8.95. The zero-order chi connectivity index (χ0) is 9.19. The van der Waals surface area contributed by atoms with Crippen molar-refractivity contribution in [3.05, 3.63) is 24.3 Å². The van der Waals surface area contributed by atoms with E-state index in [0.29, 0.717) is 0 Å². The zero-order valence-electron chi connectivity index (χ0n) is 6.07. The van der Waals surface area contributed by atoms with Crippen LogP contribution in [0.3, 0.4) is 0 Å². The summed E-state index contributed by atoms with van der Waals surface area (Å²) in [6.07, 6.45) is 0. The Morgan fingerprint density at radius 1 is 1.25 bits per heavy atom. The highest BCUT2D eigenvalue weighted by Gasteiger charge is 2.08. The third-order valence-corrected chi connectivity index (χ3v) is 6.37. The van der Waals surface area contributed by atoms with Crippen molar-refractivity contribution in [3.8, 4) is 5.75 Å². The van der Waals surface area contributed by atoms with Crippen molar-refractivity contribution in [2.24, 2.45) is 0 Å². The highest BCUT2D eigenvalue weighted by atomic mass is 127. The van der Waals surface area contributed by atoms with Crippen LogP contribution >= 0.6 is 19.3 Å². The van der Waals surface area contributed by atoms with Crippen molar-refractivity contribution >= 4 is 30.9 Å². The van der Waals surface area contributed by atoms with E-state index in [1.54, 1.807) is 0 Å². The number of halogens is 1. The van der Waals surface area contributed by atoms with E-state index in [0.717, 1.165) is 0 Å². The third-order valence-electron chi connectivity index (χ3n) is 1.26. The molecule has 0 saturated heterocycles. The molecule has 3 nitrogen and oxygen atoms in total. The fourth-order valence-electron chi connectivity index (χ4n) is 0.672. The monoisotopic (exact) mass is 298 g/mol. The summed E-state index contributed by atoms with van der Waals surface area (Å²) >= 11 is -1.09. The Morgan fingerprint density at radius 2 is 1.75 bits per heavy atom. The van der Waals surface area contributed by atoms with Gasteiger partial charge in [0.15, 0.2) is 0 Å². The number of phenols is 1. The SMILES string of the molecule is C=IS(=O)(=O)c1ccc(O)cc1. The molecule has 12 heavy (non-hydrogen) atoms. The minimum Gasteiger partial charge on any atom is -0.508 e. The first-order valence-electron chi connectivity index (χ1n) is 3.00. The van der Waals surface area contributed by atoms with Gasteiger partial charge in [0.05, 0.1) is 4.90 Å². The lowest BCUT2D eigenvalue weighted by molar-refractivity contribution is 0.475. The van der Waals surface area contributed by atoms with Gasteiger partial charge in [-0.25, -0.2) is 8.42 Å². The quantitative estimate of drug-likeness (QED) is 0.665. The summed E-state index contributed by atoms with van der Waals surface area (Å²) in [6.45, 7) is 0. The highest BCUT2D eigenvalue weighted by molar-refractivity contribution is 14.2. The average Bonchev–Trinajstić information content (AvgIpc) is 2.05. The first-order valence-corrected chi connectivity index (χ1v) is 8.56. The molecule has 1 aromatic rings. The molecule has 0 atom stereocenters. The molecule has 0 fully saturated rings. The van der Waals surface area contributed by atoms with Gasteiger partial charge in [-0.1, -0.05) is 4.51 Å². The predicted octanol–water partition coefficient (Wildman–Crippen LogP) is 1.48. The average molecular weight is 298 g/mol. The standard InChI is InChI=1S/C7H7IO3S/c1-8-12(10,11)7-4-2-6(9)3-5-7/h2-5,9H,1H2. The molecule has 0 aliphatic carbocycles. The second kappa shape index (κ2) is 3.53. The number of rotatable bonds is 2. The fourth-order valence-corrected chi connectivity index (χ4v) is 3.22. The van der Waals surface area contributed by atoms with Gasteiger partial charge in [0, 0.05) is 19.3 Å². The zero-order valence-corrected chi connectivity index (χ0v) is 9.04. The lowest BCUT2D eigenvalue weighted by Gasteiger charge is -1.96. The van der Waals surface area contributed by atoms with Gasteiger partial charge in [0.25, 0.3) is 0 Å². The van der Waals surface area contributed by atoms with Crippen molar-refractivity contribution in [3.63, 3.8) is 0 Å². The molecule has 0 radical (unpaired) electrons. The molecule has 0 bridgehead atoms. The molecule has 1 aromatic carbocycles. The number of benzene rings is 1. The van der Waals surface area contributed by atoms with Crippen LogP contribution in [-0.2, 0) is 7.01 Å². The summed E-state index contributed by atoms with van der Waals surface area (Å²) in [4.78, 5) is 0.239. The van der Waals surface area contributed by atoms with E-state index >= 15 is 0 Å². The number of aromatic hydroxyl groups is 1. The lowest BCUT2D eigenvalue weighted by Crippen LogP contribution is -1.88. The summed E-state index contributed by atoms with van der Waals surface area (Å²) in [5, 5.41) is 8.89. The summed E-state index contributed by atoms with van der Waals surface area (Å²) < 4.78 is 25.8. The molecular formula is C7H7IO3S. The largest absolute Gasteiger partial charge is 0.508 e. The number of hydrogen-bond acceptors (Lipinski definition) is 3. The Bertz CT molecular complexity index is 380. The molecule has 0 aliphatic rings. The summed E-state index contributed by atoms with van der Waals surface area (Å²) in [7, 11) is -3.13.